The van der Waals surface area contributed by atoms with Crippen molar-refractivity contribution in [3.8, 4) is 0 Å². The molecule has 0 saturated heterocycles. The summed E-state index contributed by atoms with van der Waals surface area (Å²) in [6.45, 7) is 6.10. The zero-order chi connectivity index (χ0) is 16.5. The van der Waals surface area contributed by atoms with Crippen molar-refractivity contribution in [1.29, 1.82) is 0 Å². The summed E-state index contributed by atoms with van der Waals surface area (Å²) in [6, 6.07) is 7.77. The van der Waals surface area contributed by atoms with E-state index >= 15 is 0 Å². The van der Waals surface area contributed by atoms with Crippen molar-refractivity contribution in [3.63, 3.8) is 0 Å². The number of aliphatic hydroxyl groups excluding tert-OH is 1. The second kappa shape index (κ2) is 9.37. The Bertz CT molecular complexity index is 567. The largest absolute Gasteiger partial charge is 0.467 e. The Hall–Kier alpha value is -1.79. The molecule has 2 aromatic rings. The van der Waals surface area contributed by atoms with Crippen LogP contribution >= 0.6 is 11.3 Å². The number of aliphatic hydroxyl groups is 1. The van der Waals surface area contributed by atoms with Gasteiger partial charge in [-0.3, -0.25) is 4.99 Å². The third kappa shape index (κ3) is 6.08. The number of hydrogen-bond donors (Lipinski definition) is 3. The molecule has 2 heterocycles. The fourth-order valence-corrected chi connectivity index (χ4v) is 3.07. The summed E-state index contributed by atoms with van der Waals surface area (Å²) in [6.07, 6.45) is 1.91. The van der Waals surface area contributed by atoms with Gasteiger partial charge < -0.3 is 20.2 Å². The Labute approximate surface area is 141 Å². The maximum absolute atomic E-state index is 10.0. The predicted octanol–water partition coefficient (Wildman–Crippen LogP) is 2.81. The van der Waals surface area contributed by atoms with E-state index in [1.807, 2.05) is 6.92 Å². The highest BCUT2D eigenvalue weighted by molar-refractivity contribution is 7.09. The average Bonchev–Trinajstić information content (AvgIpc) is 3.23. The van der Waals surface area contributed by atoms with Crippen LogP contribution in [0.4, 0.5) is 0 Å². The maximum Gasteiger partial charge on any atom is 0.191 e. The molecule has 5 nitrogen and oxygen atoms in total. The molecule has 2 unspecified atom stereocenters. The van der Waals surface area contributed by atoms with E-state index in [4.69, 9.17) is 4.42 Å². The van der Waals surface area contributed by atoms with E-state index in [0.717, 1.165) is 25.5 Å². The van der Waals surface area contributed by atoms with Gasteiger partial charge in [-0.1, -0.05) is 13.0 Å². The Morgan fingerprint density at radius 2 is 2.22 bits per heavy atom. The van der Waals surface area contributed by atoms with Crippen LogP contribution in [0.1, 0.15) is 30.6 Å². The van der Waals surface area contributed by atoms with Crippen LogP contribution in [0, 0.1) is 5.92 Å². The van der Waals surface area contributed by atoms with Crippen molar-refractivity contribution in [2.75, 3.05) is 19.6 Å². The van der Waals surface area contributed by atoms with E-state index in [9.17, 15) is 5.11 Å². The summed E-state index contributed by atoms with van der Waals surface area (Å²) in [5.74, 6) is 1.75. The average molecular weight is 335 g/mol. The minimum atomic E-state index is -0.683. The molecule has 0 aromatic carbocycles. The normalized spacial score (nSPS) is 14.5. The summed E-state index contributed by atoms with van der Waals surface area (Å²) in [7, 11) is 0. The van der Waals surface area contributed by atoms with E-state index in [2.05, 4.69) is 40.1 Å². The zero-order valence-corrected chi connectivity index (χ0v) is 14.5. The molecule has 23 heavy (non-hydrogen) atoms. The molecule has 2 rings (SSSR count). The number of aliphatic imine (C=N–C) groups is 1. The second-order valence-corrected chi connectivity index (χ2v) is 6.55. The molecule has 0 amide bonds. The Balaban J connectivity index is 1.81. The molecular weight excluding hydrogens is 310 g/mol. The molecule has 0 spiro atoms. The fourth-order valence-electron chi connectivity index (χ4n) is 2.20. The molecule has 0 saturated carbocycles. The molecule has 6 heteroatoms. The van der Waals surface area contributed by atoms with Crippen LogP contribution in [0.15, 0.2) is 45.3 Å². The van der Waals surface area contributed by atoms with E-state index in [1.54, 1.807) is 29.7 Å². The Kier molecular flexibility index (Phi) is 7.16. The maximum atomic E-state index is 10.0. The monoisotopic (exact) mass is 335 g/mol. The lowest BCUT2D eigenvalue weighted by Crippen LogP contribution is -2.39. The zero-order valence-electron chi connectivity index (χ0n) is 13.7. The van der Waals surface area contributed by atoms with Crippen molar-refractivity contribution in [2.24, 2.45) is 10.9 Å². The molecule has 2 aromatic heterocycles. The third-order valence-corrected chi connectivity index (χ3v) is 4.27. The highest BCUT2D eigenvalue weighted by Gasteiger charge is 2.11. The molecule has 0 radical (unpaired) electrons. The van der Waals surface area contributed by atoms with Crippen molar-refractivity contribution in [3.05, 3.63) is 46.5 Å². The summed E-state index contributed by atoms with van der Waals surface area (Å²) in [5, 5.41) is 18.5. The molecule has 0 fully saturated rings. The van der Waals surface area contributed by atoms with Gasteiger partial charge in [0.25, 0.3) is 0 Å². The third-order valence-electron chi connectivity index (χ3n) is 3.37. The van der Waals surface area contributed by atoms with Crippen LogP contribution in [-0.4, -0.2) is 30.7 Å². The van der Waals surface area contributed by atoms with E-state index in [1.165, 1.54) is 4.88 Å². The van der Waals surface area contributed by atoms with E-state index in [-0.39, 0.29) is 0 Å². The SMILES string of the molecule is CCNC(=NCC(C)Cc1cccs1)NCC(O)c1ccco1. The number of rotatable bonds is 8. The van der Waals surface area contributed by atoms with Gasteiger partial charge in [-0.2, -0.15) is 0 Å². The molecule has 3 N–H and O–H groups in total. The first-order chi connectivity index (χ1) is 11.2. The van der Waals surface area contributed by atoms with Crippen LogP contribution < -0.4 is 10.6 Å². The lowest BCUT2D eigenvalue weighted by Gasteiger charge is -2.15. The summed E-state index contributed by atoms with van der Waals surface area (Å²) in [4.78, 5) is 5.99. The summed E-state index contributed by atoms with van der Waals surface area (Å²) in [5.41, 5.74) is 0. The lowest BCUT2D eigenvalue weighted by atomic mass is 10.1. The van der Waals surface area contributed by atoms with Crippen molar-refractivity contribution in [1.82, 2.24) is 10.6 Å². The Morgan fingerprint density at radius 3 is 2.87 bits per heavy atom. The fraction of sp³-hybridized carbons (Fsp3) is 0.471. The number of thiophene rings is 1. The first kappa shape index (κ1) is 17.6. The van der Waals surface area contributed by atoms with Crippen molar-refractivity contribution in [2.45, 2.75) is 26.4 Å². The minimum Gasteiger partial charge on any atom is -0.467 e. The van der Waals surface area contributed by atoms with Gasteiger partial charge in [0.1, 0.15) is 11.9 Å². The molecular formula is C17H25N3O2S. The molecule has 0 bridgehead atoms. The highest BCUT2D eigenvalue weighted by atomic mass is 32.1. The van der Waals surface area contributed by atoms with E-state index in [0.29, 0.717) is 18.2 Å². The van der Waals surface area contributed by atoms with Crippen LogP contribution in [0.5, 0.6) is 0 Å². The molecule has 0 aliphatic carbocycles. The number of hydrogen-bond acceptors (Lipinski definition) is 4. The van der Waals surface area contributed by atoms with Gasteiger partial charge in [-0.25, -0.2) is 0 Å². The van der Waals surface area contributed by atoms with Crippen LogP contribution in [0.2, 0.25) is 0 Å². The minimum absolute atomic E-state index is 0.360. The first-order valence-electron chi connectivity index (χ1n) is 7.95. The van der Waals surface area contributed by atoms with Gasteiger partial charge in [0.2, 0.25) is 0 Å². The predicted molar refractivity (Wildman–Crippen MR) is 94.8 cm³/mol. The smallest absolute Gasteiger partial charge is 0.191 e. The van der Waals surface area contributed by atoms with E-state index < -0.39 is 6.10 Å². The van der Waals surface area contributed by atoms with Gasteiger partial charge >= 0.3 is 0 Å². The van der Waals surface area contributed by atoms with Crippen LogP contribution in [0.3, 0.4) is 0 Å². The second-order valence-electron chi connectivity index (χ2n) is 5.52. The van der Waals surface area contributed by atoms with Gasteiger partial charge in [0.15, 0.2) is 5.96 Å². The molecule has 2 atom stereocenters. The Morgan fingerprint density at radius 1 is 1.35 bits per heavy atom. The van der Waals surface area contributed by atoms with Gasteiger partial charge in [0, 0.05) is 18.0 Å². The first-order valence-corrected chi connectivity index (χ1v) is 8.83. The topological polar surface area (TPSA) is 69.8 Å². The number of furan rings is 1. The number of nitrogens with one attached hydrogen (secondary N) is 2. The number of guanidine groups is 1. The van der Waals surface area contributed by atoms with Crippen molar-refractivity contribution >= 4 is 17.3 Å². The summed E-state index contributed by atoms with van der Waals surface area (Å²) >= 11 is 1.79. The highest BCUT2D eigenvalue weighted by Crippen LogP contribution is 2.14. The van der Waals surface area contributed by atoms with Gasteiger partial charge in [-0.05, 0) is 42.8 Å². The molecule has 126 valence electrons. The molecule has 0 aliphatic rings. The summed E-state index contributed by atoms with van der Waals surface area (Å²) < 4.78 is 5.20. The van der Waals surface area contributed by atoms with Crippen molar-refractivity contribution < 1.29 is 9.52 Å². The standard InChI is InChI=1S/C17H25N3O2S/c1-3-18-17(20-12-15(21)16-7-4-8-22-16)19-11-13(2)10-14-6-5-9-23-14/h4-9,13,15,21H,3,10-12H2,1-2H3,(H2,18,19,20). The van der Waals surface area contributed by atoms with Crippen LogP contribution in [-0.2, 0) is 6.42 Å². The van der Waals surface area contributed by atoms with Crippen LogP contribution in [0.25, 0.3) is 0 Å². The van der Waals surface area contributed by atoms with Gasteiger partial charge in [0.05, 0.1) is 12.8 Å². The number of nitrogens with zero attached hydrogens (tertiary/aromatic N) is 1. The lowest BCUT2D eigenvalue weighted by molar-refractivity contribution is 0.153. The van der Waals surface area contributed by atoms with Gasteiger partial charge in [-0.15, -0.1) is 11.3 Å². The molecule has 0 aliphatic heterocycles. The quantitative estimate of drug-likeness (QED) is 0.512.